The van der Waals surface area contributed by atoms with Gasteiger partial charge in [-0.05, 0) is 41.9 Å². The standard InChI is InChI=1S/C14H14N2O2/c1-10-4-2-3-5-13(10)15-9-11-8-12(16-18)6-7-14(11)17/h2-8,15,17H,9H2,1H3. The van der Waals surface area contributed by atoms with Gasteiger partial charge in [-0.15, -0.1) is 4.91 Å². The van der Waals surface area contributed by atoms with Crippen molar-refractivity contribution in [2.45, 2.75) is 13.5 Å². The highest BCUT2D eigenvalue weighted by atomic mass is 16.3. The highest BCUT2D eigenvalue weighted by Crippen LogP contribution is 2.24. The molecule has 0 atom stereocenters. The fourth-order valence-corrected chi connectivity index (χ4v) is 1.73. The van der Waals surface area contributed by atoms with Gasteiger partial charge in [0.15, 0.2) is 0 Å². The molecule has 0 radical (unpaired) electrons. The van der Waals surface area contributed by atoms with Crippen molar-refractivity contribution in [3.05, 3.63) is 58.5 Å². The first-order chi connectivity index (χ1) is 8.70. The summed E-state index contributed by atoms with van der Waals surface area (Å²) in [5.41, 5.74) is 3.09. The molecule has 4 nitrogen and oxygen atoms in total. The number of nitrogens with one attached hydrogen (secondary N) is 1. The Kier molecular flexibility index (Phi) is 3.57. The molecule has 2 N–H and O–H groups in total. The molecule has 92 valence electrons. The van der Waals surface area contributed by atoms with Gasteiger partial charge in [0.1, 0.15) is 11.4 Å². The molecule has 0 spiro atoms. The second-order valence-electron chi connectivity index (χ2n) is 4.07. The van der Waals surface area contributed by atoms with E-state index in [1.165, 1.54) is 12.1 Å². The topological polar surface area (TPSA) is 61.7 Å². The molecule has 0 fully saturated rings. The maximum atomic E-state index is 10.4. The summed E-state index contributed by atoms with van der Waals surface area (Å²) in [4.78, 5) is 10.4. The monoisotopic (exact) mass is 242 g/mol. The number of aryl methyl sites for hydroxylation is 1. The molecule has 0 saturated heterocycles. The molecule has 0 saturated carbocycles. The van der Waals surface area contributed by atoms with Gasteiger partial charge in [0.2, 0.25) is 0 Å². The average Bonchev–Trinajstić information content (AvgIpc) is 2.39. The van der Waals surface area contributed by atoms with Gasteiger partial charge in [-0.25, -0.2) is 0 Å². The predicted octanol–water partition coefficient (Wildman–Crippen LogP) is 3.71. The van der Waals surface area contributed by atoms with E-state index in [4.69, 9.17) is 0 Å². The van der Waals surface area contributed by atoms with Crippen molar-refractivity contribution in [3.8, 4) is 5.75 Å². The number of nitrogens with zero attached hydrogens (tertiary/aromatic N) is 1. The van der Waals surface area contributed by atoms with Gasteiger partial charge in [-0.1, -0.05) is 18.2 Å². The van der Waals surface area contributed by atoms with E-state index in [1.807, 2.05) is 31.2 Å². The Bertz CT molecular complexity index is 567. The van der Waals surface area contributed by atoms with Crippen molar-refractivity contribution in [1.82, 2.24) is 0 Å². The molecule has 0 aliphatic heterocycles. The zero-order valence-electron chi connectivity index (χ0n) is 10.1. The largest absolute Gasteiger partial charge is 0.508 e. The molecule has 2 rings (SSSR count). The molecule has 0 aliphatic carbocycles. The number of hydrogen-bond donors (Lipinski definition) is 2. The zero-order chi connectivity index (χ0) is 13.0. The van der Waals surface area contributed by atoms with Crippen LogP contribution in [0.3, 0.4) is 0 Å². The van der Waals surface area contributed by atoms with Gasteiger partial charge < -0.3 is 10.4 Å². The van der Waals surface area contributed by atoms with Crippen molar-refractivity contribution in [1.29, 1.82) is 0 Å². The van der Waals surface area contributed by atoms with Gasteiger partial charge in [0, 0.05) is 17.8 Å². The van der Waals surface area contributed by atoms with Crippen molar-refractivity contribution in [2.75, 3.05) is 5.32 Å². The average molecular weight is 242 g/mol. The van der Waals surface area contributed by atoms with Gasteiger partial charge in [-0.2, -0.15) is 0 Å². The Morgan fingerprint density at radius 2 is 2.00 bits per heavy atom. The smallest absolute Gasteiger partial charge is 0.120 e. The van der Waals surface area contributed by atoms with Crippen molar-refractivity contribution in [2.24, 2.45) is 5.18 Å². The van der Waals surface area contributed by atoms with E-state index in [0.29, 0.717) is 17.8 Å². The molecule has 0 aliphatic rings. The van der Waals surface area contributed by atoms with Gasteiger partial charge in [0.05, 0.1) is 0 Å². The third-order valence-corrected chi connectivity index (χ3v) is 2.78. The van der Waals surface area contributed by atoms with Crippen LogP contribution in [0.25, 0.3) is 0 Å². The van der Waals surface area contributed by atoms with E-state index < -0.39 is 0 Å². The van der Waals surface area contributed by atoms with Crippen LogP contribution in [0, 0.1) is 11.8 Å². The van der Waals surface area contributed by atoms with Crippen LogP contribution in [-0.4, -0.2) is 5.11 Å². The van der Waals surface area contributed by atoms with E-state index in [2.05, 4.69) is 10.5 Å². The van der Waals surface area contributed by atoms with Gasteiger partial charge in [0.25, 0.3) is 0 Å². The number of phenols is 1. The molecule has 18 heavy (non-hydrogen) atoms. The molecule has 0 bridgehead atoms. The molecular weight excluding hydrogens is 228 g/mol. The molecule has 0 aromatic heterocycles. The first-order valence-corrected chi connectivity index (χ1v) is 5.65. The molecule has 2 aromatic carbocycles. The number of anilines is 1. The summed E-state index contributed by atoms with van der Waals surface area (Å²) in [5.74, 6) is 0.156. The van der Waals surface area contributed by atoms with Crippen LogP contribution < -0.4 is 5.32 Å². The third-order valence-electron chi connectivity index (χ3n) is 2.78. The lowest BCUT2D eigenvalue weighted by Gasteiger charge is -2.10. The highest BCUT2D eigenvalue weighted by Gasteiger charge is 2.04. The van der Waals surface area contributed by atoms with Crippen LogP contribution in [0.4, 0.5) is 11.4 Å². The summed E-state index contributed by atoms with van der Waals surface area (Å²) in [7, 11) is 0. The fourth-order valence-electron chi connectivity index (χ4n) is 1.73. The number of para-hydroxylation sites is 1. The number of hydrogen-bond acceptors (Lipinski definition) is 4. The minimum absolute atomic E-state index is 0.156. The van der Waals surface area contributed by atoms with E-state index in [-0.39, 0.29) is 5.75 Å². The minimum atomic E-state index is 0.156. The van der Waals surface area contributed by atoms with Crippen LogP contribution >= 0.6 is 0 Å². The number of phenolic OH excluding ortho intramolecular Hbond substituents is 1. The van der Waals surface area contributed by atoms with Crippen LogP contribution in [0.1, 0.15) is 11.1 Å². The van der Waals surface area contributed by atoms with Crippen LogP contribution in [-0.2, 0) is 6.54 Å². The normalized spacial score (nSPS) is 10.1. The molecule has 0 unspecified atom stereocenters. The lowest BCUT2D eigenvalue weighted by molar-refractivity contribution is 0.469. The molecule has 0 amide bonds. The first kappa shape index (κ1) is 12.1. The van der Waals surface area contributed by atoms with Crippen molar-refractivity contribution < 1.29 is 5.11 Å². The van der Waals surface area contributed by atoms with Gasteiger partial charge in [-0.3, -0.25) is 0 Å². The fraction of sp³-hybridized carbons (Fsp3) is 0.143. The molecule has 0 heterocycles. The number of benzene rings is 2. The van der Waals surface area contributed by atoms with Crippen LogP contribution in [0.15, 0.2) is 47.6 Å². The minimum Gasteiger partial charge on any atom is -0.508 e. The van der Waals surface area contributed by atoms with Crippen LogP contribution in [0.5, 0.6) is 5.75 Å². The Hall–Kier alpha value is -2.36. The maximum absolute atomic E-state index is 10.4. The number of aromatic hydroxyl groups is 1. The van der Waals surface area contributed by atoms with E-state index in [9.17, 15) is 10.0 Å². The first-order valence-electron chi connectivity index (χ1n) is 5.65. The van der Waals surface area contributed by atoms with E-state index >= 15 is 0 Å². The molecule has 2 aromatic rings. The summed E-state index contributed by atoms with van der Waals surface area (Å²) in [5, 5.41) is 15.8. The summed E-state index contributed by atoms with van der Waals surface area (Å²) >= 11 is 0. The predicted molar refractivity (Wildman–Crippen MR) is 72.1 cm³/mol. The lowest BCUT2D eigenvalue weighted by atomic mass is 10.1. The van der Waals surface area contributed by atoms with Crippen molar-refractivity contribution >= 4 is 11.4 Å². The highest BCUT2D eigenvalue weighted by molar-refractivity contribution is 5.53. The Morgan fingerprint density at radius 3 is 2.72 bits per heavy atom. The summed E-state index contributed by atoms with van der Waals surface area (Å²) < 4.78 is 0. The zero-order valence-corrected chi connectivity index (χ0v) is 10.1. The second-order valence-corrected chi connectivity index (χ2v) is 4.07. The lowest BCUT2D eigenvalue weighted by Crippen LogP contribution is -2.01. The Morgan fingerprint density at radius 1 is 1.22 bits per heavy atom. The summed E-state index contributed by atoms with van der Waals surface area (Å²) in [6.07, 6.45) is 0. The van der Waals surface area contributed by atoms with Crippen molar-refractivity contribution in [3.63, 3.8) is 0 Å². The van der Waals surface area contributed by atoms with Gasteiger partial charge >= 0.3 is 0 Å². The molecule has 4 heteroatoms. The van der Waals surface area contributed by atoms with E-state index in [1.54, 1.807) is 6.07 Å². The SMILES string of the molecule is Cc1ccccc1NCc1cc(N=O)ccc1O. The second kappa shape index (κ2) is 5.31. The number of rotatable bonds is 4. The third kappa shape index (κ3) is 2.66. The Balaban J connectivity index is 2.15. The summed E-state index contributed by atoms with van der Waals surface area (Å²) in [6.45, 7) is 2.45. The maximum Gasteiger partial charge on any atom is 0.120 e. The summed E-state index contributed by atoms with van der Waals surface area (Å²) in [6, 6.07) is 12.4. The quantitative estimate of drug-likeness (QED) is 0.803. The molecular formula is C14H14N2O2. The van der Waals surface area contributed by atoms with E-state index in [0.717, 1.165) is 11.3 Å². The Labute approximate surface area is 105 Å². The number of nitroso groups, excluding NO2 is 1. The van der Waals surface area contributed by atoms with Crippen LogP contribution in [0.2, 0.25) is 0 Å².